The third kappa shape index (κ3) is 4.44. The van der Waals surface area contributed by atoms with Gasteiger partial charge in [0.1, 0.15) is 0 Å². The minimum Gasteiger partial charge on any atom is -0.376 e. The zero-order chi connectivity index (χ0) is 14.5. The molecule has 0 unspecified atom stereocenters. The van der Waals surface area contributed by atoms with Gasteiger partial charge in [-0.1, -0.05) is 35.3 Å². The highest BCUT2D eigenvalue weighted by atomic mass is 35.5. The van der Waals surface area contributed by atoms with Crippen LogP contribution < -0.4 is 10.6 Å². The average molecular weight is 309 g/mol. The molecule has 20 heavy (non-hydrogen) atoms. The van der Waals surface area contributed by atoms with E-state index in [1.165, 1.54) is 0 Å². The molecule has 104 valence electrons. The van der Waals surface area contributed by atoms with Crippen molar-refractivity contribution < 1.29 is 4.79 Å². The van der Waals surface area contributed by atoms with E-state index in [9.17, 15) is 4.79 Å². The maximum absolute atomic E-state index is 11.8. The second kappa shape index (κ2) is 6.64. The third-order valence-electron chi connectivity index (χ3n) is 2.62. The number of halogens is 2. The summed E-state index contributed by atoms with van der Waals surface area (Å²) in [5.41, 5.74) is 2.58. The molecular weight excluding hydrogens is 295 g/mol. The zero-order valence-electron chi connectivity index (χ0n) is 10.9. The maximum Gasteiger partial charge on any atom is 0.243 e. The van der Waals surface area contributed by atoms with E-state index < -0.39 is 0 Å². The summed E-state index contributed by atoms with van der Waals surface area (Å²) in [7, 11) is 0. The van der Waals surface area contributed by atoms with E-state index >= 15 is 0 Å². The first-order valence-electron chi connectivity index (χ1n) is 6.09. The van der Waals surface area contributed by atoms with Crippen LogP contribution in [0.1, 0.15) is 5.56 Å². The molecule has 5 heteroatoms. The largest absolute Gasteiger partial charge is 0.376 e. The summed E-state index contributed by atoms with van der Waals surface area (Å²) in [6, 6.07) is 12.7. The molecule has 2 rings (SSSR count). The normalized spacial score (nSPS) is 10.2. The molecule has 0 bridgehead atoms. The minimum atomic E-state index is -0.133. The number of hydrogen-bond acceptors (Lipinski definition) is 2. The van der Waals surface area contributed by atoms with Crippen molar-refractivity contribution in [3.63, 3.8) is 0 Å². The molecule has 2 aromatic carbocycles. The number of amides is 1. The third-order valence-corrected chi connectivity index (χ3v) is 3.05. The highest BCUT2D eigenvalue weighted by Gasteiger charge is 2.03. The van der Waals surface area contributed by atoms with Gasteiger partial charge < -0.3 is 10.6 Å². The summed E-state index contributed by atoms with van der Waals surface area (Å²) >= 11 is 11.8. The molecule has 0 aliphatic carbocycles. The van der Waals surface area contributed by atoms with E-state index in [1.54, 1.807) is 18.2 Å². The summed E-state index contributed by atoms with van der Waals surface area (Å²) in [6.07, 6.45) is 0. The van der Waals surface area contributed by atoms with Gasteiger partial charge in [0.15, 0.2) is 0 Å². The predicted octanol–water partition coefficient (Wildman–Crippen LogP) is 4.35. The molecule has 0 aromatic heterocycles. The van der Waals surface area contributed by atoms with E-state index in [0.29, 0.717) is 15.7 Å². The van der Waals surface area contributed by atoms with Crippen LogP contribution in [-0.4, -0.2) is 12.5 Å². The Morgan fingerprint density at radius 1 is 1.05 bits per heavy atom. The lowest BCUT2D eigenvalue weighted by Gasteiger charge is -2.09. The van der Waals surface area contributed by atoms with Crippen molar-refractivity contribution in [1.82, 2.24) is 0 Å². The van der Waals surface area contributed by atoms with Crippen LogP contribution in [0.4, 0.5) is 11.4 Å². The highest BCUT2D eigenvalue weighted by Crippen LogP contribution is 2.22. The van der Waals surface area contributed by atoms with Crippen LogP contribution in [0.15, 0.2) is 42.5 Å². The van der Waals surface area contributed by atoms with Gasteiger partial charge >= 0.3 is 0 Å². The van der Waals surface area contributed by atoms with E-state index in [0.717, 1.165) is 11.3 Å². The average Bonchev–Trinajstić information content (AvgIpc) is 2.35. The van der Waals surface area contributed by atoms with E-state index in [-0.39, 0.29) is 12.5 Å². The molecule has 0 fully saturated rings. The molecule has 0 aliphatic heterocycles. The van der Waals surface area contributed by atoms with Crippen molar-refractivity contribution in [1.29, 1.82) is 0 Å². The number of carbonyl (C=O) groups is 1. The summed E-state index contributed by atoms with van der Waals surface area (Å²) in [4.78, 5) is 11.8. The first-order chi connectivity index (χ1) is 9.52. The number of rotatable bonds is 4. The molecule has 1 amide bonds. The van der Waals surface area contributed by atoms with Crippen molar-refractivity contribution in [3.05, 3.63) is 58.1 Å². The van der Waals surface area contributed by atoms with Gasteiger partial charge in [-0.05, 0) is 42.8 Å². The monoisotopic (exact) mass is 308 g/mol. The fourth-order valence-electron chi connectivity index (χ4n) is 1.77. The standard InChI is InChI=1S/C15H14Cl2N2O/c1-10-3-2-4-13(5-10)19-15(20)9-18-14-7-11(16)6-12(17)8-14/h2-8,18H,9H2,1H3,(H,19,20). The van der Waals surface area contributed by atoms with Crippen molar-refractivity contribution in [3.8, 4) is 0 Å². The molecule has 0 spiro atoms. The SMILES string of the molecule is Cc1cccc(NC(=O)CNc2cc(Cl)cc(Cl)c2)c1. The second-order valence-electron chi connectivity index (χ2n) is 4.43. The topological polar surface area (TPSA) is 41.1 Å². The molecule has 0 saturated heterocycles. The summed E-state index contributed by atoms with van der Waals surface area (Å²) in [5.74, 6) is -0.133. The summed E-state index contributed by atoms with van der Waals surface area (Å²) in [5, 5.41) is 6.85. The Kier molecular flexibility index (Phi) is 4.88. The van der Waals surface area contributed by atoms with Gasteiger partial charge in [0.25, 0.3) is 0 Å². The molecule has 0 atom stereocenters. The predicted molar refractivity (Wildman–Crippen MR) is 84.8 cm³/mol. The van der Waals surface area contributed by atoms with Crippen LogP contribution >= 0.6 is 23.2 Å². The van der Waals surface area contributed by atoms with Gasteiger partial charge in [-0.25, -0.2) is 0 Å². The lowest BCUT2D eigenvalue weighted by molar-refractivity contribution is -0.114. The molecule has 3 nitrogen and oxygen atoms in total. The second-order valence-corrected chi connectivity index (χ2v) is 5.30. The number of aryl methyl sites for hydroxylation is 1. The Balaban J connectivity index is 1.92. The fraction of sp³-hybridized carbons (Fsp3) is 0.133. The van der Waals surface area contributed by atoms with Crippen LogP contribution in [0.5, 0.6) is 0 Å². The lowest BCUT2D eigenvalue weighted by atomic mass is 10.2. The molecule has 0 heterocycles. The minimum absolute atomic E-state index is 0.133. The molecule has 2 N–H and O–H groups in total. The van der Waals surface area contributed by atoms with Crippen molar-refractivity contribution >= 4 is 40.5 Å². The maximum atomic E-state index is 11.8. The molecule has 0 aliphatic rings. The number of nitrogens with one attached hydrogen (secondary N) is 2. The quantitative estimate of drug-likeness (QED) is 0.881. The van der Waals surface area contributed by atoms with Gasteiger partial charge in [-0.15, -0.1) is 0 Å². The van der Waals surface area contributed by atoms with Gasteiger partial charge in [0.2, 0.25) is 5.91 Å². The first kappa shape index (κ1) is 14.7. The van der Waals surface area contributed by atoms with Crippen LogP contribution in [0.3, 0.4) is 0 Å². The number of anilines is 2. The number of benzene rings is 2. The summed E-state index contributed by atoms with van der Waals surface area (Å²) < 4.78 is 0. The van der Waals surface area contributed by atoms with E-state index in [4.69, 9.17) is 23.2 Å². The Labute approximate surface area is 127 Å². The van der Waals surface area contributed by atoms with Crippen LogP contribution in [-0.2, 0) is 4.79 Å². The van der Waals surface area contributed by atoms with Gasteiger partial charge in [-0.2, -0.15) is 0 Å². The van der Waals surface area contributed by atoms with Crippen LogP contribution in [0, 0.1) is 6.92 Å². The Hall–Kier alpha value is -1.71. The van der Waals surface area contributed by atoms with E-state index in [1.807, 2.05) is 31.2 Å². The highest BCUT2D eigenvalue weighted by molar-refractivity contribution is 6.35. The van der Waals surface area contributed by atoms with E-state index in [2.05, 4.69) is 10.6 Å². The number of carbonyl (C=O) groups excluding carboxylic acids is 1. The smallest absolute Gasteiger partial charge is 0.243 e. The molecule has 2 aromatic rings. The Bertz CT molecular complexity index is 609. The van der Waals surface area contributed by atoms with Gasteiger partial charge in [0, 0.05) is 21.4 Å². The van der Waals surface area contributed by atoms with Gasteiger partial charge in [-0.3, -0.25) is 4.79 Å². The molecular formula is C15H14Cl2N2O. The van der Waals surface area contributed by atoms with Gasteiger partial charge in [0.05, 0.1) is 6.54 Å². The first-order valence-corrected chi connectivity index (χ1v) is 6.85. The Morgan fingerprint density at radius 3 is 2.40 bits per heavy atom. The van der Waals surface area contributed by atoms with Crippen molar-refractivity contribution in [2.24, 2.45) is 0 Å². The molecule has 0 radical (unpaired) electrons. The van der Waals surface area contributed by atoms with Crippen LogP contribution in [0.2, 0.25) is 10.0 Å². The van der Waals surface area contributed by atoms with Crippen molar-refractivity contribution in [2.75, 3.05) is 17.2 Å². The fourth-order valence-corrected chi connectivity index (χ4v) is 2.29. The Morgan fingerprint density at radius 2 is 1.75 bits per heavy atom. The number of hydrogen-bond donors (Lipinski definition) is 2. The van der Waals surface area contributed by atoms with Crippen LogP contribution in [0.25, 0.3) is 0 Å². The lowest BCUT2D eigenvalue weighted by Crippen LogP contribution is -2.21. The molecule has 0 saturated carbocycles. The van der Waals surface area contributed by atoms with Crippen molar-refractivity contribution in [2.45, 2.75) is 6.92 Å². The zero-order valence-corrected chi connectivity index (χ0v) is 12.4. The summed E-state index contributed by atoms with van der Waals surface area (Å²) in [6.45, 7) is 2.12.